The van der Waals surface area contributed by atoms with Crippen LogP contribution in [0.3, 0.4) is 0 Å². The van der Waals surface area contributed by atoms with E-state index >= 15 is 0 Å². The summed E-state index contributed by atoms with van der Waals surface area (Å²) in [7, 11) is 0. The Morgan fingerprint density at radius 1 is 0.287 bits per heavy atom. The number of hydrogen-bond acceptors (Lipinski definition) is 4. The average Bonchev–Trinajstić information content (AvgIpc) is 1.47. The number of fused-ring (bicyclic) bond motifs is 36. The molecule has 14 aromatic carbocycles. The van der Waals surface area contributed by atoms with E-state index in [2.05, 4.69) is 415 Å². The fourth-order valence-corrected chi connectivity index (χ4v) is 26.5. The molecule has 17 aliphatic heterocycles. The van der Waals surface area contributed by atoms with Crippen molar-refractivity contribution in [3.63, 3.8) is 0 Å². The van der Waals surface area contributed by atoms with Crippen molar-refractivity contribution in [2.75, 3.05) is 0 Å². The molecule has 1 aliphatic carbocycles. The van der Waals surface area contributed by atoms with Crippen LogP contribution in [-0.2, 0) is 11.8 Å². The number of benzene rings is 14. The molecule has 0 bridgehead atoms. The molecule has 588 valence electrons. The topological polar surface area (TPSA) is 80.0 Å². The van der Waals surface area contributed by atoms with Gasteiger partial charge in [-0.1, -0.05) is 248 Å². The third-order valence-corrected chi connectivity index (χ3v) is 31.4. The van der Waals surface area contributed by atoms with E-state index in [0.717, 1.165) is 44.8 Å². The van der Waals surface area contributed by atoms with Gasteiger partial charge in [0.05, 0.1) is 106 Å². The summed E-state index contributed by atoms with van der Waals surface area (Å²) < 4.78 is 26.0. The predicted molar refractivity (Wildman–Crippen MR) is 511 cm³/mol. The summed E-state index contributed by atoms with van der Waals surface area (Å²) in [6.45, 7) is 0. The molecule has 14 nitrogen and oxygen atoms in total. The molecule has 2 spiro atoms. The molecular formula is C115H63N14+5. The number of aromatic nitrogens is 5. The number of nitrogens with zero attached hydrogens (tertiary/aromatic N) is 14. The Hall–Kier alpha value is -17.1. The summed E-state index contributed by atoms with van der Waals surface area (Å²) >= 11 is 0. The maximum Gasteiger partial charge on any atom is 0.553 e. The van der Waals surface area contributed by atoms with Crippen molar-refractivity contribution in [2.24, 2.45) is 20.9 Å². The molecule has 0 saturated heterocycles. The number of hydrogen-bond donors (Lipinski definition) is 0. The summed E-state index contributed by atoms with van der Waals surface area (Å²) in [6, 6.07) is 108. The fraction of sp³-hybridized carbons (Fsp3) is 0.0435. The molecule has 0 radical (unpaired) electrons. The smallest absolute Gasteiger partial charge is 0.267 e. The van der Waals surface area contributed by atoms with E-state index in [1.54, 1.807) is 0 Å². The summed E-state index contributed by atoms with van der Waals surface area (Å²) in [5.41, 5.74) is 31.0. The highest BCUT2D eigenvalue weighted by atomic mass is 15.6. The fourth-order valence-electron chi connectivity index (χ4n) is 26.5. The van der Waals surface area contributed by atoms with Crippen LogP contribution in [0.15, 0.2) is 342 Å². The minimum absolute atomic E-state index is 0.00298. The van der Waals surface area contributed by atoms with Gasteiger partial charge < -0.3 is 0 Å². The summed E-state index contributed by atoms with van der Waals surface area (Å²) in [5.74, 6) is 1.79. The second kappa shape index (κ2) is 21.4. The van der Waals surface area contributed by atoms with Crippen LogP contribution in [0.25, 0.3) is 168 Å². The van der Waals surface area contributed by atoms with Crippen molar-refractivity contribution >= 4 is 203 Å². The molecule has 0 N–H and O–H groups in total. The van der Waals surface area contributed by atoms with E-state index in [1.807, 2.05) is 0 Å². The van der Waals surface area contributed by atoms with Gasteiger partial charge >= 0.3 is 11.8 Å². The summed E-state index contributed by atoms with van der Waals surface area (Å²) in [6.07, 6.45) is 28.4. The van der Waals surface area contributed by atoms with Crippen LogP contribution >= 0.6 is 0 Å². The van der Waals surface area contributed by atoms with Gasteiger partial charge in [0.25, 0.3) is 11.7 Å². The number of amidine groups is 2. The Kier molecular flexibility index (Phi) is 10.7. The Labute approximate surface area is 731 Å². The average molecular weight is 1640 g/mol. The zero-order valence-electron chi connectivity index (χ0n) is 68.6. The summed E-state index contributed by atoms with van der Waals surface area (Å²) in [4.78, 5) is 18.1. The first kappa shape index (κ1) is 64.7. The van der Waals surface area contributed by atoms with Gasteiger partial charge in [-0.2, -0.15) is 22.8 Å². The van der Waals surface area contributed by atoms with Gasteiger partial charge in [0.2, 0.25) is 57.4 Å². The van der Waals surface area contributed by atoms with E-state index in [1.165, 1.54) is 232 Å². The lowest BCUT2D eigenvalue weighted by Gasteiger charge is -2.39. The van der Waals surface area contributed by atoms with Crippen molar-refractivity contribution in [1.82, 2.24) is 27.7 Å². The number of allylic oxidation sites excluding steroid dienone is 3. The third kappa shape index (κ3) is 7.05. The standard InChI is InChI=1S/C53H28N4.C37H20N4.C25H15N6/c1-2-10-30-18-38-37(17-29(30)9-1)45-25-47-39-19-31-11-3-4-12-32(31)20-40(39)49-27-51-43-23-35-15-7-8-16-36(35)24-44(43)52-28-50-42-22-34-14-6-5-13-33(34)21-41(42)48-26-46(38)54(45)53(55(47)49,56(48)50)57(51)52;1-2-10-22-21(9-1)29-17-31-23-11-3-4-12-24(23)33-19-35-27-15-7-8-16-28(27)36-20-34-26-14-6-5-13-25(26)32-18-30(22)38(29)37(39(31)33,40(32)34)41(35)36;1-2-8-14-13(7-1)19-26-21-15-9-3-4-10-16(15)23-28-24-18-12-6-5-11-17(18)22-27-20(14)29(19)25(30(21)23)31(22)24/h1-28H;1-20H;1-13,19,25H/q2*+2;+1. The normalized spacial score (nSPS) is 19.9. The van der Waals surface area contributed by atoms with Crippen LogP contribution in [0.5, 0.6) is 0 Å². The number of aliphatic imine (C=N–C) groups is 1. The Morgan fingerprint density at radius 3 is 1.12 bits per heavy atom. The van der Waals surface area contributed by atoms with Crippen LogP contribution in [0.4, 0.5) is 0 Å². The van der Waals surface area contributed by atoms with Crippen LogP contribution in [0.1, 0.15) is 84.7 Å². The molecule has 14 heteroatoms. The van der Waals surface area contributed by atoms with Crippen LogP contribution in [0, 0.1) is 5.92 Å². The zero-order valence-corrected chi connectivity index (χ0v) is 68.6. The van der Waals surface area contributed by atoms with Crippen molar-refractivity contribution < 1.29 is 22.9 Å². The van der Waals surface area contributed by atoms with Gasteiger partial charge in [0.15, 0.2) is 6.17 Å². The third-order valence-electron chi connectivity index (χ3n) is 31.4. The molecule has 0 fully saturated rings. The second-order valence-electron chi connectivity index (χ2n) is 37.1. The van der Waals surface area contributed by atoms with Crippen molar-refractivity contribution in [2.45, 2.75) is 24.3 Å². The molecule has 22 heterocycles. The molecule has 5 aromatic heterocycles. The Bertz CT molecular complexity index is 9690. The molecule has 0 amide bonds. The second-order valence-corrected chi connectivity index (χ2v) is 37.1. The van der Waals surface area contributed by atoms with Crippen LogP contribution in [0.2, 0.25) is 0 Å². The van der Waals surface area contributed by atoms with Gasteiger partial charge in [0, 0.05) is 108 Å². The highest BCUT2D eigenvalue weighted by Crippen LogP contribution is 2.58. The van der Waals surface area contributed by atoms with Crippen molar-refractivity contribution in [3.8, 4) is 0 Å². The van der Waals surface area contributed by atoms with Gasteiger partial charge in [-0.15, -0.1) is 4.99 Å². The largest absolute Gasteiger partial charge is 0.553 e. The molecule has 3 atom stereocenters. The lowest BCUT2D eigenvalue weighted by atomic mass is 9.94. The maximum atomic E-state index is 5.31. The molecule has 0 saturated carbocycles. The van der Waals surface area contributed by atoms with Gasteiger partial charge in [-0.05, 0) is 134 Å². The van der Waals surface area contributed by atoms with E-state index < -0.39 is 11.8 Å². The first-order valence-corrected chi connectivity index (χ1v) is 44.9. The monoisotopic (exact) mass is 1640 g/mol. The molecule has 129 heavy (non-hydrogen) atoms. The quantitative estimate of drug-likeness (QED) is 0.139. The first-order valence-electron chi connectivity index (χ1n) is 44.9. The van der Waals surface area contributed by atoms with E-state index in [0.29, 0.717) is 0 Å². The first-order chi connectivity index (χ1) is 64.0. The van der Waals surface area contributed by atoms with Crippen LogP contribution in [-0.4, -0.2) is 91.3 Å². The Morgan fingerprint density at radius 2 is 0.643 bits per heavy atom. The van der Waals surface area contributed by atoms with E-state index in [-0.39, 0.29) is 18.4 Å². The lowest BCUT2D eigenvalue weighted by molar-refractivity contribution is -0.805. The van der Waals surface area contributed by atoms with E-state index in [4.69, 9.17) is 15.0 Å². The highest BCUT2D eigenvalue weighted by molar-refractivity contribution is 6.31. The Balaban J connectivity index is 0.0000000901. The van der Waals surface area contributed by atoms with Gasteiger partial charge in [0.1, 0.15) is 11.3 Å². The minimum atomic E-state index is -0.815. The summed E-state index contributed by atoms with van der Waals surface area (Å²) in [5, 5.41) is 27.8. The highest BCUT2D eigenvalue weighted by Gasteiger charge is 2.75. The molecule has 18 aliphatic rings. The van der Waals surface area contributed by atoms with Crippen molar-refractivity contribution in [3.05, 3.63) is 438 Å². The lowest BCUT2D eigenvalue weighted by Crippen LogP contribution is -2.69. The molecule has 3 unspecified atom stereocenters. The SMILES string of the molecule is C1=C2c3cc4ccccc4cc3C3=[N+]2C24n5c1c1cc6ccccc6cc1c5C=C1c5cc6ccccc6cc5C(=[N+]12)C=c1c2cc5ccccc5cc2c(n14)=C3.C1=C2c3ccccc3C3=[N+]2C24n5c1c1ccccc1c5C=C1c5ccccc5C(=[N+]12)C=c1c2ccccc2c(n14)=C3.C1=CC2=C3N=c4c5ccccc5c5n4C4N3C(N=C3c6ccccc6C(=[N+]34)N=5)C2C=C1. The number of rotatable bonds is 0. The minimum Gasteiger partial charge on any atom is -0.267 e. The molecule has 19 aromatic rings. The zero-order chi connectivity index (χ0) is 82.5. The molecular weight excluding hydrogens is 1580 g/mol. The van der Waals surface area contributed by atoms with Crippen LogP contribution < -0.4 is 32.4 Å². The maximum absolute atomic E-state index is 5.31. The van der Waals surface area contributed by atoms with E-state index in [9.17, 15) is 0 Å². The molecule has 37 rings (SSSR count). The van der Waals surface area contributed by atoms with Crippen molar-refractivity contribution in [1.29, 1.82) is 0 Å². The predicted octanol–water partition coefficient (Wildman–Crippen LogP) is 16.7. The van der Waals surface area contributed by atoms with Gasteiger partial charge in [-0.25, -0.2) is 9.56 Å². The van der Waals surface area contributed by atoms with Gasteiger partial charge in [-0.3, -0.25) is 4.90 Å².